The second-order valence-electron chi connectivity index (χ2n) is 3.80. The molecule has 1 aliphatic rings. The van der Waals surface area contributed by atoms with Gasteiger partial charge in [-0.3, -0.25) is 4.98 Å². The fourth-order valence-corrected chi connectivity index (χ4v) is 1.88. The lowest BCUT2D eigenvalue weighted by molar-refractivity contribution is 0.509. The summed E-state index contributed by atoms with van der Waals surface area (Å²) in [5.74, 6) is -0.225. The summed E-state index contributed by atoms with van der Waals surface area (Å²) in [6.07, 6.45) is 4.87. The third-order valence-electron chi connectivity index (χ3n) is 2.97. The molecule has 13 heavy (non-hydrogen) atoms. The molecule has 1 aliphatic carbocycles. The molecule has 2 rings (SSSR count). The van der Waals surface area contributed by atoms with Crippen LogP contribution in [0.1, 0.15) is 25.3 Å². The Kier molecular flexibility index (Phi) is 1.84. The SMILES string of the molecule is CC(N)C1(c2ccncc2F)CC1. The van der Waals surface area contributed by atoms with Gasteiger partial charge in [-0.1, -0.05) is 0 Å². The first-order valence-electron chi connectivity index (χ1n) is 4.52. The average Bonchev–Trinajstić information content (AvgIpc) is 2.85. The Morgan fingerprint density at radius 2 is 2.31 bits per heavy atom. The molecule has 1 unspecified atom stereocenters. The smallest absolute Gasteiger partial charge is 0.145 e. The molecule has 0 saturated heterocycles. The monoisotopic (exact) mass is 180 g/mol. The van der Waals surface area contributed by atoms with Gasteiger partial charge in [-0.05, 0) is 31.4 Å². The maximum Gasteiger partial charge on any atom is 0.145 e. The van der Waals surface area contributed by atoms with Crippen LogP contribution in [-0.4, -0.2) is 11.0 Å². The molecule has 1 atom stereocenters. The first kappa shape index (κ1) is 8.63. The summed E-state index contributed by atoms with van der Waals surface area (Å²) in [7, 11) is 0. The molecule has 0 amide bonds. The molecule has 1 aromatic rings. The predicted octanol–water partition coefficient (Wildman–Crippen LogP) is 1.60. The van der Waals surface area contributed by atoms with Crippen LogP contribution < -0.4 is 5.73 Å². The maximum absolute atomic E-state index is 13.4. The van der Waals surface area contributed by atoms with Gasteiger partial charge < -0.3 is 5.73 Å². The van der Waals surface area contributed by atoms with Gasteiger partial charge in [0.1, 0.15) is 5.82 Å². The fraction of sp³-hybridized carbons (Fsp3) is 0.500. The largest absolute Gasteiger partial charge is 0.327 e. The highest BCUT2D eigenvalue weighted by Gasteiger charge is 2.48. The van der Waals surface area contributed by atoms with Crippen molar-refractivity contribution in [3.05, 3.63) is 29.8 Å². The molecule has 0 spiro atoms. The predicted molar refractivity (Wildman–Crippen MR) is 48.8 cm³/mol. The van der Waals surface area contributed by atoms with Gasteiger partial charge in [0, 0.05) is 17.7 Å². The zero-order chi connectivity index (χ0) is 9.47. The summed E-state index contributed by atoms with van der Waals surface area (Å²) in [6.45, 7) is 1.94. The van der Waals surface area contributed by atoms with Crippen molar-refractivity contribution in [2.45, 2.75) is 31.2 Å². The molecule has 1 heterocycles. The molecule has 0 radical (unpaired) electrons. The van der Waals surface area contributed by atoms with E-state index in [0.29, 0.717) is 0 Å². The molecule has 0 aliphatic heterocycles. The third-order valence-corrected chi connectivity index (χ3v) is 2.97. The third kappa shape index (κ3) is 1.23. The Labute approximate surface area is 77.0 Å². The first-order valence-corrected chi connectivity index (χ1v) is 4.52. The normalized spacial score (nSPS) is 21.2. The Balaban J connectivity index is 2.41. The lowest BCUT2D eigenvalue weighted by Crippen LogP contribution is -2.32. The van der Waals surface area contributed by atoms with Crippen molar-refractivity contribution in [1.29, 1.82) is 0 Å². The van der Waals surface area contributed by atoms with E-state index < -0.39 is 0 Å². The minimum absolute atomic E-state index is 0.0180. The zero-order valence-corrected chi connectivity index (χ0v) is 7.63. The summed E-state index contributed by atoms with van der Waals surface area (Å²) in [4.78, 5) is 3.73. The Morgan fingerprint density at radius 1 is 1.62 bits per heavy atom. The van der Waals surface area contributed by atoms with E-state index in [4.69, 9.17) is 5.73 Å². The van der Waals surface area contributed by atoms with Crippen molar-refractivity contribution in [2.75, 3.05) is 0 Å². The van der Waals surface area contributed by atoms with E-state index in [9.17, 15) is 4.39 Å². The average molecular weight is 180 g/mol. The Hall–Kier alpha value is -0.960. The zero-order valence-electron chi connectivity index (χ0n) is 7.63. The van der Waals surface area contributed by atoms with Crippen LogP contribution in [-0.2, 0) is 5.41 Å². The van der Waals surface area contributed by atoms with Crippen molar-refractivity contribution >= 4 is 0 Å². The van der Waals surface area contributed by atoms with Crippen molar-refractivity contribution in [3.8, 4) is 0 Å². The van der Waals surface area contributed by atoms with E-state index in [1.165, 1.54) is 6.20 Å². The minimum atomic E-state index is -0.225. The summed E-state index contributed by atoms with van der Waals surface area (Å²) >= 11 is 0. The van der Waals surface area contributed by atoms with Crippen LogP contribution in [0, 0.1) is 5.82 Å². The van der Waals surface area contributed by atoms with E-state index >= 15 is 0 Å². The highest BCUT2D eigenvalue weighted by atomic mass is 19.1. The number of nitrogens with zero attached hydrogens (tertiary/aromatic N) is 1. The molecule has 2 N–H and O–H groups in total. The topological polar surface area (TPSA) is 38.9 Å². The molecule has 70 valence electrons. The van der Waals surface area contributed by atoms with E-state index in [-0.39, 0.29) is 17.3 Å². The number of hydrogen-bond donors (Lipinski definition) is 1. The van der Waals surface area contributed by atoms with Gasteiger partial charge >= 0.3 is 0 Å². The van der Waals surface area contributed by atoms with Crippen LogP contribution in [0.15, 0.2) is 18.5 Å². The van der Waals surface area contributed by atoms with Crippen molar-refractivity contribution in [1.82, 2.24) is 4.98 Å². The van der Waals surface area contributed by atoms with Crippen LogP contribution in [0.2, 0.25) is 0 Å². The fourth-order valence-electron chi connectivity index (χ4n) is 1.88. The molecule has 1 aromatic heterocycles. The number of nitrogens with two attached hydrogens (primary N) is 1. The van der Waals surface area contributed by atoms with Crippen molar-refractivity contribution < 1.29 is 4.39 Å². The molecule has 1 saturated carbocycles. The van der Waals surface area contributed by atoms with Gasteiger partial charge in [-0.25, -0.2) is 4.39 Å². The van der Waals surface area contributed by atoms with Gasteiger partial charge in [-0.2, -0.15) is 0 Å². The summed E-state index contributed by atoms with van der Waals surface area (Å²) < 4.78 is 13.4. The highest BCUT2D eigenvalue weighted by Crippen LogP contribution is 2.50. The lowest BCUT2D eigenvalue weighted by Gasteiger charge is -2.20. The minimum Gasteiger partial charge on any atom is -0.327 e. The maximum atomic E-state index is 13.4. The number of halogens is 1. The summed E-state index contributed by atoms with van der Waals surface area (Å²) in [5.41, 5.74) is 6.48. The summed E-state index contributed by atoms with van der Waals surface area (Å²) in [6, 6.07) is 1.76. The number of hydrogen-bond acceptors (Lipinski definition) is 2. The number of aromatic nitrogens is 1. The summed E-state index contributed by atoms with van der Waals surface area (Å²) in [5, 5.41) is 0. The van der Waals surface area contributed by atoms with Crippen LogP contribution in [0.5, 0.6) is 0 Å². The highest BCUT2D eigenvalue weighted by molar-refractivity contribution is 5.32. The molecular weight excluding hydrogens is 167 g/mol. The molecular formula is C10H13FN2. The van der Waals surface area contributed by atoms with Gasteiger partial charge in [-0.15, -0.1) is 0 Å². The van der Waals surface area contributed by atoms with Crippen LogP contribution in [0.4, 0.5) is 4.39 Å². The van der Waals surface area contributed by atoms with Gasteiger partial charge in [0.15, 0.2) is 0 Å². The molecule has 0 bridgehead atoms. The second kappa shape index (κ2) is 2.77. The van der Waals surface area contributed by atoms with E-state index in [0.717, 1.165) is 18.4 Å². The van der Waals surface area contributed by atoms with Gasteiger partial charge in [0.25, 0.3) is 0 Å². The standard InChI is InChI=1S/C10H13FN2/c1-7(12)10(3-4-10)8-2-5-13-6-9(8)11/h2,5-7H,3-4,12H2,1H3. The molecule has 0 aromatic carbocycles. The van der Waals surface area contributed by atoms with E-state index in [1.54, 1.807) is 12.3 Å². The van der Waals surface area contributed by atoms with Gasteiger partial charge in [0.2, 0.25) is 0 Å². The van der Waals surface area contributed by atoms with Crippen molar-refractivity contribution in [2.24, 2.45) is 5.73 Å². The molecule has 2 nitrogen and oxygen atoms in total. The first-order chi connectivity index (χ1) is 6.17. The Bertz CT molecular complexity index is 318. The van der Waals surface area contributed by atoms with Crippen LogP contribution >= 0.6 is 0 Å². The quantitative estimate of drug-likeness (QED) is 0.750. The second-order valence-corrected chi connectivity index (χ2v) is 3.80. The van der Waals surface area contributed by atoms with E-state index in [2.05, 4.69) is 4.98 Å². The van der Waals surface area contributed by atoms with Crippen LogP contribution in [0.25, 0.3) is 0 Å². The van der Waals surface area contributed by atoms with E-state index in [1.807, 2.05) is 6.92 Å². The molecule has 1 fully saturated rings. The number of pyridine rings is 1. The lowest BCUT2D eigenvalue weighted by atomic mass is 9.90. The number of rotatable bonds is 2. The Morgan fingerprint density at radius 3 is 2.77 bits per heavy atom. The van der Waals surface area contributed by atoms with Gasteiger partial charge in [0.05, 0.1) is 6.20 Å². The van der Waals surface area contributed by atoms with Crippen molar-refractivity contribution in [3.63, 3.8) is 0 Å². The molecule has 3 heteroatoms. The van der Waals surface area contributed by atoms with Crippen LogP contribution in [0.3, 0.4) is 0 Å².